The second-order valence-electron chi connectivity index (χ2n) is 6.24. The molecule has 1 rings (SSSR count). The number of hydrogen-bond acceptors (Lipinski definition) is 3. The summed E-state index contributed by atoms with van der Waals surface area (Å²) in [5, 5.41) is 9.36. The van der Waals surface area contributed by atoms with Crippen molar-refractivity contribution in [2.45, 2.75) is 71.3 Å². The molecule has 0 heterocycles. The summed E-state index contributed by atoms with van der Waals surface area (Å²) in [5.41, 5.74) is 0.386. The van der Waals surface area contributed by atoms with Crippen LogP contribution in [0.5, 0.6) is 0 Å². The summed E-state index contributed by atoms with van der Waals surface area (Å²) < 4.78 is 0. The van der Waals surface area contributed by atoms with E-state index in [4.69, 9.17) is 0 Å². The fourth-order valence-electron chi connectivity index (χ4n) is 3.60. The van der Waals surface area contributed by atoms with Gasteiger partial charge in [0, 0.05) is 19.1 Å². The Kier molecular flexibility index (Phi) is 8.43. The van der Waals surface area contributed by atoms with Gasteiger partial charge in [-0.05, 0) is 36.9 Å². The third-order valence-electron chi connectivity index (χ3n) is 4.88. The fraction of sp³-hybridized carbons (Fsp3) is 1.00. The first-order valence-electron chi connectivity index (χ1n) is 8.17. The summed E-state index contributed by atoms with van der Waals surface area (Å²) in [6.07, 6.45) is 10.5. The van der Waals surface area contributed by atoms with Gasteiger partial charge in [-0.25, -0.2) is 0 Å². The Hall–Kier alpha value is 0.270. The molecule has 0 atom stereocenters. The van der Waals surface area contributed by atoms with Gasteiger partial charge < -0.3 is 5.11 Å². The Morgan fingerprint density at radius 1 is 1.11 bits per heavy atom. The van der Waals surface area contributed by atoms with Gasteiger partial charge in [-0.2, -0.15) is 12.6 Å². The number of hydrogen-bond donors (Lipinski definition) is 2. The van der Waals surface area contributed by atoms with E-state index in [1.165, 1.54) is 51.4 Å². The molecule has 0 bridgehead atoms. The Labute approximate surface area is 125 Å². The zero-order chi connectivity index (χ0) is 14.1. The monoisotopic (exact) mass is 287 g/mol. The number of thiol groups is 1. The summed E-state index contributed by atoms with van der Waals surface area (Å²) >= 11 is 4.68. The molecule has 114 valence electrons. The Bertz CT molecular complexity index is 223. The lowest BCUT2D eigenvalue weighted by Crippen LogP contribution is -2.45. The van der Waals surface area contributed by atoms with E-state index in [-0.39, 0.29) is 6.61 Å². The largest absolute Gasteiger partial charge is 0.395 e. The topological polar surface area (TPSA) is 23.5 Å². The molecule has 1 saturated carbocycles. The molecule has 0 aromatic carbocycles. The fourth-order valence-corrected chi connectivity index (χ4v) is 4.02. The molecule has 1 fully saturated rings. The summed E-state index contributed by atoms with van der Waals surface area (Å²) in [4.78, 5) is 2.53. The molecular formula is C16H33NOS. The third-order valence-corrected chi connectivity index (χ3v) is 5.56. The molecule has 0 aliphatic heterocycles. The standard InChI is InChI=1S/C16H33NOS/c1-3-15(4-2)17(11-12-18)13-16(14-19)9-7-5-6-8-10-16/h15,18-19H,3-14H2,1-2H3. The minimum Gasteiger partial charge on any atom is -0.395 e. The van der Waals surface area contributed by atoms with Crippen LogP contribution in [0, 0.1) is 5.41 Å². The van der Waals surface area contributed by atoms with Crippen molar-refractivity contribution in [2.75, 3.05) is 25.4 Å². The van der Waals surface area contributed by atoms with E-state index in [0.29, 0.717) is 11.5 Å². The van der Waals surface area contributed by atoms with Crippen LogP contribution >= 0.6 is 12.6 Å². The van der Waals surface area contributed by atoms with E-state index in [1.54, 1.807) is 0 Å². The summed E-state index contributed by atoms with van der Waals surface area (Å²) in [6, 6.07) is 0.618. The van der Waals surface area contributed by atoms with E-state index >= 15 is 0 Å². The average molecular weight is 288 g/mol. The maximum atomic E-state index is 9.36. The quantitative estimate of drug-likeness (QED) is 0.525. The molecule has 0 aromatic rings. The van der Waals surface area contributed by atoms with Crippen molar-refractivity contribution in [3.63, 3.8) is 0 Å². The van der Waals surface area contributed by atoms with Gasteiger partial charge in [-0.15, -0.1) is 0 Å². The predicted molar refractivity (Wildman–Crippen MR) is 87.0 cm³/mol. The molecule has 0 radical (unpaired) electrons. The molecular weight excluding hydrogens is 254 g/mol. The smallest absolute Gasteiger partial charge is 0.0558 e. The maximum Gasteiger partial charge on any atom is 0.0558 e. The Morgan fingerprint density at radius 3 is 2.11 bits per heavy atom. The van der Waals surface area contributed by atoms with Crippen LogP contribution in [-0.4, -0.2) is 41.5 Å². The van der Waals surface area contributed by atoms with Crippen molar-refractivity contribution in [1.82, 2.24) is 4.90 Å². The highest BCUT2D eigenvalue weighted by Gasteiger charge is 2.33. The first-order valence-corrected chi connectivity index (χ1v) is 8.80. The molecule has 0 unspecified atom stereocenters. The highest BCUT2D eigenvalue weighted by Crippen LogP contribution is 2.37. The van der Waals surface area contributed by atoms with Gasteiger partial charge in [-0.1, -0.05) is 39.5 Å². The molecule has 1 N–H and O–H groups in total. The summed E-state index contributed by atoms with van der Waals surface area (Å²) in [5.74, 6) is 0.995. The van der Waals surface area contributed by atoms with Crippen molar-refractivity contribution in [3.05, 3.63) is 0 Å². The van der Waals surface area contributed by atoms with Gasteiger partial charge in [-0.3, -0.25) is 4.90 Å². The molecule has 1 aliphatic carbocycles. The van der Waals surface area contributed by atoms with E-state index in [2.05, 4.69) is 31.4 Å². The first-order chi connectivity index (χ1) is 9.21. The predicted octanol–water partition coefficient (Wildman–Crippen LogP) is 3.74. The van der Waals surface area contributed by atoms with Crippen molar-refractivity contribution in [1.29, 1.82) is 0 Å². The number of nitrogens with zero attached hydrogens (tertiary/aromatic N) is 1. The van der Waals surface area contributed by atoms with Gasteiger partial charge in [0.25, 0.3) is 0 Å². The highest BCUT2D eigenvalue weighted by molar-refractivity contribution is 7.80. The number of aliphatic hydroxyl groups is 1. The molecule has 1 aliphatic rings. The van der Waals surface area contributed by atoms with Crippen LogP contribution in [0.2, 0.25) is 0 Å². The number of aliphatic hydroxyl groups excluding tert-OH is 1. The molecule has 0 aromatic heterocycles. The summed E-state index contributed by atoms with van der Waals surface area (Å²) in [6.45, 7) is 6.75. The van der Waals surface area contributed by atoms with Crippen LogP contribution in [0.1, 0.15) is 65.2 Å². The normalized spacial score (nSPS) is 19.9. The van der Waals surface area contributed by atoms with Crippen molar-refractivity contribution >= 4 is 12.6 Å². The van der Waals surface area contributed by atoms with Crippen molar-refractivity contribution in [3.8, 4) is 0 Å². The van der Waals surface area contributed by atoms with E-state index in [9.17, 15) is 5.11 Å². The molecule has 3 heteroatoms. The zero-order valence-corrected chi connectivity index (χ0v) is 13.8. The SMILES string of the molecule is CCC(CC)N(CCO)CC1(CS)CCCCCC1. The minimum absolute atomic E-state index is 0.277. The lowest BCUT2D eigenvalue weighted by molar-refractivity contribution is 0.0844. The minimum atomic E-state index is 0.277. The second kappa shape index (κ2) is 9.25. The van der Waals surface area contributed by atoms with Crippen LogP contribution < -0.4 is 0 Å². The van der Waals surface area contributed by atoms with Gasteiger partial charge in [0.15, 0.2) is 0 Å². The van der Waals surface area contributed by atoms with E-state index in [0.717, 1.165) is 18.8 Å². The van der Waals surface area contributed by atoms with Crippen LogP contribution in [0.3, 0.4) is 0 Å². The molecule has 19 heavy (non-hydrogen) atoms. The number of rotatable bonds is 8. The third kappa shape index (κ3) is 5.28. The van der Waals surface area contributed by atoms with Crippen LogP contribution in [0.25, 0.3) is 0 Å². The second-order valence-corrected chi connectivity index (χ2v) is 6.55. The van der Waals surface area contributed by atoms with E-state index in [1.807, 2.05) is 0 Å². The van der Waals surface area contributed by atoms with Crippen molar-refractivity contribution < 1.29 is 5.11 Å². The van der Waals surface area contributed by atoms with Gasteiger partial charge >= 0.3 is 0 Å². The lowest BCUT2D eigenvalue weighted by atomic mass is 9.81. The van der Waals surface area contributed by atoms with Crippen molar-refractivity contribution in [2.24, 2.45) is 5.41 Å². The zero-order valence-electron chi connectivity index (χ0n) is 12.9. The van der Waals surface area contributed by atoms with Crippen LogP contribution in [0.15, 0.2) is 0 Å². The van der Waals surface area contributed by atoms with E-state index < -0.39 is 0 Å². The molecule has 0 amide bonds. The Morgan fingerprint density at radius 2 is 1.68 bits per heavy atom. The van der Waals surface area contributed by atoms with Crippen LogP contribution in [0.4, 0.5) is 0 Å². The first kappa shape index (κ1) is 17.3. The van der Waals surface area contributed by atoms with Gasteiger partial charge in [0.2, 0.25) is 0 Å². The highest BCUT2D eigenvalue weighted by atomic mass is 32.1. The maximum absolute atomic E-state index is 9.36. The van der Waals surface area contributed by atoms with Gasteiger partial charge in [0.05, 0.1) is 6.61 Å². The molecule has 0 saturated heterocycles. The van der Waals surface area contributed by atoms with Crippen LogP contribution in [-0.2, 0) is 0 Å². The molecule has 0 spiro atoms. The van der Waals surface area contributed by atoms with Gasteiger partial charge in [0.1, 0.15) is 0 Å². The Balaban J connectivity index is 2.72. The summed E-state index contributed by atoms with van der Waals surface area (Å²) in [7, 11) is 0. The molecule has 2 nitrogen and oxygen atoms in total. The lowest BCUT2D eigenvalue weighted by Gasteiger charge is -2.40. The average Bonchev–Trinajstić information content (AvgIpc) is 2.66.